The van der Waals surface area contributed by atoms with Gasteiger partial charge < -0.3 is 4.79 Å². The fraction of sp³-hybridized carbons (Fsp3) is 0.952. The highest BCUT2D eigenvalue weighted by molar-refractivity contribution is 7.91. The summed E-state index contributed by atoms with van der Waals surface area (Å²) in [5.41, 5.74) is 0. The van der Waals surface area contributed by atoms with E-state index in [9.17, 15) is 13.2 Å². The highest BCUT2D eigenvalue weighted by Gasteiger charge is 2.18. The molecule has 25 heavy (non-hydrogen) atoms. The van der Waals surface area contributed by atoms with Gasteiger partial charge in [-0.05, 0) is 31.6 Å². The Kier molecular flexibility index (Phi) is 16.8. The minimum absolute atomic E-state index is 0.360. The minimum Gasteiger partial charge on any atom is -0.303 e. The van der Waals surface area contributed by atoms with Crippen LogP contribution >= 0.6 is 0 Å². The van der Waals surface area contributed by atoms with E-state index in [0.717, 1.165) is 70.5 Å². The number of sulfone groups is 1. The Balaban J connectivity index is 3.99. The molecule has 1 unspecified atom stereocenters. The summed E-state index contributed by atoms with van der Waals surface area (Å²) in [7, 11) is -2.90. The van der Waals surface area contributed by atoms with Crippen LogP contribution in [0.3, 0.4) is 0 Å². The third kappa shape index (κ3) is 16.8. The van der Waals surface area contributed by atoms with Gasteiger partial charge in [-0.3, -0.25) is 0 Å². The highest BCUT2D eigenvalue weighted by Crippen LogP contribution is 2.20. The molecule has 0 aromatic carbocycles. The van der Waals surface area contributed by atoms with Gasteiger partial charge in [0, 0.05) is 6.42 Å². The van der Waals surface area contributed by atoms with Gasteiger partial charge in [0.1, 0.15) is 6.29 Å². The lowest BCUT2D eigenvalue weighted by molar-refractivity contribution is -0.107. The Morgan fingerprint density at radius 3 is 1.92 bits per heavy atom. The van der Waals surface area contributed by atoms with E-state index in [1.807, 2.05) is 0 Å². The number of hydrogen-bond donors (Lipinski definition) is 0. The largest absolute Gasteiger partial charge is 0.303 e. The number of unbranched alkanes of at least 4 members (excludes halogenated alkanes) is 10. The number of hydrogen-bond acceptors (Lipinski definition) is 3. The van der Waals surface area contributed by atoms with E-state index in [2.05, 4.69) is 13.8 Å². The van der Waals surface area contributed by atoms with Crippen LogP contribution in [0.4, 0.5) is 0 Å². The topological polar surface area (TPSA) is 51.2 Å². The first kappa shape index (κ1) is 24.6. The summed E-state index contributed by atoms with van der Waals surface area (Å²) in [4.78, 5) is 10.2. The van der Waals surface area contributed by atoms with Gasteiger partial charge >= 0.3 is 0 Å². The molecule has 0 amide bonds. The molecule has 0 spiro atoms. The lowest BCUT2D eigenvalue weighted by Crippen LogP contribution is -2.19. The van der Waals surface area contributed by atoms with Crippen LogP contribution in [0.2, 0.25) is 0 Å². The Bertz CT molecular complexity index is 390. The summed E-state index contributed by atoms with van der Waals surface area (Å²) in [6, 6.07) is 0. The average Bonchev–Trinajstić information content (AvgIpc) is 2.58. The predicted octanol–water partition coefficient (Wildman–Crippen LogP) is 6.11. The average molecular weight is 375 g/mol. The van der Waals surface area contributed by atoms with Gasteiger partial charge in [0.2, 0.25) is 0 Å². The van der Waals surface area contributed by atoms with E-state index in [1.54, 1.807) is 0 Å². The van der Waals surface area contributed by atoms with Gasteiger partial charge in [0.25, 0.3) is 0 Å². The summed E-state index contributed by atoms with van der Waals surface area (Å²) in [6.07, 6.45) is 17.0. The van der Waals surface area contributed by atoms with Gasteiger partial charge in [0.05, 0.1) is 11.5 Å². The first-order valence-corrected chi connectivity index (χ1v) is 12.5. The lowest BCUT2D eigenvalue weighted by atomic mass is 9.97. The van der Waals surface area contributed by atoms with Crippen LogP contribution in [0.25, 0.3) is 0 Å². The molecule has 0 aliphatic carbocycles. The van der Waals surface area contributed by atoms with E-state index in [1.165, 1.54) is 25.7 Å². The van der Waals surface area contributed by atoms with Crippen LogP contribution in [0.5, 0.6) is 0 Å². The molecule has 0 heterocycles. The maximum atomic E-state index is 12.4. The Labute approximate surface area is 157 Å². The van der Waals surface area contributed by atoms with Gasteiger partial charge in [-0.15, -0.1) is 0 Å². The molecular formula is C21H42O3S. The van der Waals surface area contributed by atoms with E-state index < -0.39 is 9.84 Å². The van der Waals surface area contributed by atoms with Crippen molar-refractivity contribution in [2.75, 3.05) is 11.5 Å². The van der Waals surface area contributed by atoms with Crippen molar-refractivity contribution < 1.29 is 13.2 Å². The first-order valence-electron chi connectivity index (χ1n) is 10.7. The van der Waals surface area contributed by atoms with E-state index in [0.29, 0.717) is 23.8 Å². The molecular weight excluding hydrogens is 332 g/mol. The van der Waals surface area contributed by atoms with Crippen LogP contribution in [-0.4, -0.2) is 26.2 Å². The van der Waals surface area contributed by atoms with Crippen LogP contribution in [-0.2, 0) is 14.6 Å². The van der Waals surface area contributed by atoms with Crippen molar-refractivity contribution in [2.24, 2.45) is 5.92 Å². The second-order valence-corrected chi connectivity index (χ2v) is 9.78. The third-order valence-electron chi connectivity index (χ3n) is 4.95. The normalized spacial score (nSPS) is 13.0. The monoisotopic (exact) mass is 374 g/mol. The van der Waals surface area contributed by atoms with E-state index >= 15 is 0 Å². The molecule has 0 aliphatic rings. The Morgan fingerprint density at radius 1 is 0.720 bits per heavy atom. The van der Waals surface area contributed by atoms with Crippen LogP contribution in [0, 0.1) is 5.92 Å². The molecule has 0 aromatic heterocycles. The molecule has 0 saturated carbocycles. The fourth-order valence-electron chi connectivity index (χ4n) is 3.36. The molecule has 0 rings (SSSR count). The maximum absolute atomic E-state index is 12.4. The van der Waals surface area contributed by atoms with Crippen LogP contribution < -0.4 is 0 Å². The molecule has 150 valence electrons. The molecule has 0 fully saturated rings. The number of rotatable bonds is 19. The SMILES string of the molecule is CCCCCCC(CCCC)CS(=O)(=O)CCCCCCCCC=O. The molecule has 1 atom stereocenters. The Morgan fingerprint density at radius 2 is 1.28 bits per heavy atom. The summed E-state index contributed by atoms with van der Waals surface area (Å²) >= 11 is 0. The minimum atomic E-state index is -2.90. The number of carbonyl (C=O) groups is 1. The molecule has 3 nitrogen and oxygen atoms in total. The van der Waals surface area contributed by atoms with E-state index in [4.69, 9.17) is 0 Å². The standard InChI is InChI=1S/C21H42O3S/c1-3-5-7-13-17-21(16-6-4-2)20-25(23,24)19-15-12-10-8-9-11-14-18-22/h18,21H,3-17,19-20H2,1-2H3. The van der Waals surface area contributed by atoms with Crippen molar-refractivity contribution in [3.63, 3.8) is 0 Å². The van der Waals surface area contributed by atoms with E-state index in [-0.39, 0.29) is 0 Å². The predicted molar refractivity (Wildman–Crippen MR) is 109 cm³/mol. The third-order valence-corrected chi connectivity index (χ3v) is 6.84. The maximum Gasteiger partial charge on any atom is 0.150 e. The zero-order valence-corrected chi connectivity index (χ0v) is 17.6. The van der Waals surface area contributed by atoms with Gasteiger partial charge in [-0.1, -0.05) is 78.1 Å². The zero-order chi connectivity index (χ0) is 18.8. The summed E-state index contributed by atoms with van der Waals surface area (Å²) < 4.78 is 24.9. The van der Waals surface area contributed by atoms with Crippen molar-refractivity contribution in [3.8, 4) is 0 Å². The van der Waals surface area contributed by atoms with Crippen molar-refractivity contribution in [1.82, 2.24) is 0 Å². The quantitative estimate of drug-likeness (QED) is 0.202. The molecule has 0 bridgehead atoms. The molecule has 0 aromatic rings. The second kappa shape index (κ2) is 17.1. The Hall–Kier alpha value is -0.380. The van der Waals surface area contributed by atoms with Crippen LogP contribution in [0.15, 0.2) is 0 Å². The van der Waals surface area contributed by atoms with Gasteiger partial charge in [0.15, 0.2) is 9.84 Å². The molecule has 4 heteroatoms. The summed E-state index contributed by atoms with van der Waals surface area (Å²) in [5.74, 6) is 1.13. The summed E-state index contributed by atoms with van der Waals surface area (Å²) in [6.45, 7) is 4.39. The highest BCUT2D eigenvalue weighted by atomic mass is 32.2. The van der Waals surface area contributed by atoms with Gasteiger partial charge in [-0.2, -0.15) is 0 Å². The molecule has 0 saturated heterocycles. The molecule has 0 N–H and O–H groups in total. The zero-order valence-electron chi connectivity index (χ0n) is 16.8. The second-order valence-electron chi connectivity index (χ2n) is 7.55. The van der Waals surface area contributed by atoms with Crippen molar-refractivity contribution in [3.05, 3.63) is 0 Å². The number of carbonyl (C=O) groups excluding carboxylic acids is 1. The van der Waals surface area contributed by atoms with Crippen molar-refractivity contribution in [2.45, 2.75) is 110 Å². The van der Waals surface area contributed by atoms with Gasteiger partial charge in [-0.25, -0.2) is 8.42 Å². The lowest BCUT2D eigenvalue weighted by Gasteiger charge is -2.17. The van der Waals surface area contributed by atoms with Crippen molar-refractivity contribution in [1.29, 1.82) is 0 Å². The first-order chi connectivity index (χ1) is 12.1. The number of aldehydes is 1. The smallest absolute Gasteiger partial charge is 0.150 e. The molecule has 0 radical (unpaired) electrons. The van der Waals surface area contributed by atoms with Crippen LogP contribution in [0.1, 0.15) is 110 Å². The fourth-order valence-corrected chi connectivity index (χ4v) is 5.22. The van der Waals surface area contributed by atoms with Crippen molar-refractivity contribution >= 4 is 16.1 Å². The molecule has 0 aliphatic heterocycles. The summed E-state index contributed by atoms with van der Waals surface area (Å²) in [5, 5.41) is 0.